The summed E-state index contributed by atoms with van der Waals surface area (Å²) in [5.74, 6) is 0. The largest absolute Gasteiger partial charge is 0.416 e. The Bertz CT molecular complexity index is 2670. The van der Waals surface area contributed by atoms with Crippen molar-refractivity contribution in [3.63, 3.8) is 0 Å². The highest BCUT2D eigenvalue weighted by atomic mass is 19.4. The fourth-order valence-electron chi connectivity index (χ4n) is 6.95. The van der Waals surface area contributed by atoms with Crippen LogP contribution in [-0.2, 0) is 12.4 Å². The van der Waals surface area contributed by atoms with E-state index in [1.807, 2.05) is 58.5 Å². The summed E-state index contributed by atoms with van der Waals surface area (Å²) in [6, 6.07) is 35.0. The van der Waals surface area contributed by atoms with Crippen molar-refractivity contribution in [1.82, 2.24) is 9.13 Å². The van der Waals surface area contributed by atoms with E-state index in [1.54, 1.807) is 42.5 Å². The number of hydrogen-bond donors (Lipinski definition) is 0. The van der Waals surface area contributed by atoms with Crippen molar-refractivity contribution < 1.29 is 26.3 Å². The van der Waals surface area contributed by atoms with E-state index in [2.05, 4.69) is 6.07 Å². The molecule has 2 heterocycles. The highest BCUT2D eigenvalue weighted by molar-refractivity contribution is 6.12. The van der Waals surface area contributed by atoms with Gasteiger partial charge in [-0.2, -0.15) is 31.6 Å². The molecule has 0 N–H and O–H groups in total. The van der Waals surface area contributed by atoms with Crippen LogP contribution in [0.5, 0.6) is 0 Å². The van der Waals surface area contributed by atoms with Crippen LogP contribution >= 0.6 is 0 Å². The number of hydrogen-bond acceptors (Lipinski definition) is 1. The monoisotopic (exact) mass is 659 g/mol. The summed E-state index contributed by atoms with van der Waals surface area (Å²) in [5.41, 5.74) is 4.46. The maximum atomic E-state index is 13.9. The molecule has 0 fully saturated rings. The van der Waals surface area contributed by atoms with Gasteiger partial charge in [0, 0.05) is 32.7 Å². The third kappa shape index (κ3) is 4.74. The molecule has 8 aromatic rings. The van der Waals surface area contributed by atoms with Crippen molar-refractivity contribution in [1.29, 1.82) is 5.26 Å². The summed E-state index contributed by atoms with van der Waals surface area (Å²) in [6.07, 6.45) is -9.07. The van der Waals surface area contributed by atoms with E-state index in [4.69, 9.17) is 0 Å². The molecule has 0 saturated heterocycles. The number of halogens is 6. The molecule has 0 unspecified atom stereocenters. The van der Waals surface area contributed by atoms with Crippen LogP contribution in [0.15, 0.2) is 121 Å². The van der Waals surface area contributed by atoms with Crippen LogP contribution in [0.2, 0.25) is 0 Å². The molecule has 0 aliphatic heterocycles. The molecule has 0 aliphatic carbocycles. The van der Waals surface area contributed by atoms with Crippen molar-refractivity contribution in [3.8, 4) is 28.6 Å². The molecule has 49 heavy (non-hydrogen) atoms. The second-order valence-electron chi connectivity index (χ2n) is 12.0. The molecule has 0 aliphatic rings. The molecule has 0 amide bonds. The van der Waals surface area contributed by atoms with Gasteiger partial charge in [0.25, 0.3) is 0 Å². The second-order valence-corrected chi connectivity index (χ2v) is 12.0. The van der Waals surface area contributed by atoms with Gasteiger partial charge < -0.3 is 9.13 Å². The lowest BCUT2D eigenvalue weighted by atomic mass is 9.96. The van der Waals surface area contributed by atoms with Crippen molar-refractivity contribution in [2.45, 2.75) is 19.3 Å². The van der Waals surface area contributed by atoms with Gasteiger partial charge in [-0.15, -0.1) is 0 Å². The molecule has 0 radical (unpaired) electrons. The number of para-hydroxylation sites is 3. The Morgan fingerprint density at radius 3 is 1.61 bits per heavy atom. The van der Waals surface area contributed by atoms with E-state index in [0.717, 1.165) is 29.8 Å². The lowest BCUT2D eigenvalue weighted by Crippen LogP contribution is -2.06. The molecule has 9 heteroatoms. The van der Waals surface area contributed by atoms with Gasteiger partial charge in [0.05, 0.1) is 50.1 Å². The number of fused-ring (bicyclic) bond motifs is 6. The predicted octanol–water partition coefficient (Wildman–Crippen LogP) is 11.8. The third-order valence-electron chi connectivity index (χ3n) is 9.06. The highest BCUT2D eigenvalue weighted by Gasteiger charge is 2.33. The Balaban J connectivity index is 1.48. The summed E-state index contributed by atoms with van der Waals surface area (Å²) in [4.78, 5) is 0. The molecule has 2 aromatic heterocycles. The standard InChI is InChI=1S/C40H23F6N3/c1-23-13-16-35(48-33-11-4-2-8-27(33)31-20-25(39(41,42)43)14-17-36(31)48)30(19-23)29-10-6-7-24(22-47)38(29)49-34-12-5-3-9-28(34)32-21-26(40(44,45)46)15-18-37(32)49/h2-21H,1H3. The minimum atomic E-state index is -4.55. The minimum Gasteiger partial charge on any atom is -0.309 e. The maximum Gasteiger partial charge on any atom is 0.416 e. The Kier molecular flexibility index (Phi) is 6.66. The van der Waals surface area contributed by atoms with Gasteiger partial charge >= 0.3 is 12.4 Å². The molecule has 8 rings (SSSR count). The topological polar surface area (TPSA) is 33.6 Å². The number of nitriles is 1. The molecule has 6 aromatic carbocycles. The third-order valence-corrected chi connectivity index (χ3v) is 9.06. The predicted molar refractivity (Wildman–Crippen MR) is 180 cm³/mol. The summed E-state index contributed by atoms with van der Waals surface area (Å²) in [6.45, 7) is 1.92. The zero-order chi connectivity index (χ0) is 34.2. The first kappa shape index (κ1) is 30.3. The fraction of sp³-hybridized carbons (Fsp3) is 0.0750. The SMILES string of the molecule is Cc1ccc(-n2c3ccccc3c3cc(C(F)(F)F)ccc32)c(-c2cccc(C#N)c2-n2c3ccccc3c3cc(C(F)(F)F)ccc32)c1. The Morgan fingerprint density at radius 2 is 1.04 bits per heavy atom. The molecular weight excluding hydrogens is 636 g/mol. The number of rotatable bonds is 3. The fourth-order valence-corrected chi connectivity index (χ4v) is 6.95. The molecular formula is C40H23F6N3. The van der Waals surface area contributed by atoms with Crippen molar-refractivity contribution >= 4 is 43.6 Å². The average molecular weight is 660 g/mol. The van der Waals surface area contributed by atoms with E-state index in [-0.39, 0.29) is 0 Å². The van der Waals surface area contributed by atoms with E-state index in [0.29, 0.717) is 71.7 Å². The molecule has 3 nitrogen and oxygen atoms in total. The number of aryl methyl sites for hydroxylation is 1. The van der Waals surface area contributed by atoms with Crippen LogP contribution in [0.25, 0.3) is 66.1 Å². The number of aromatic nitrogens is 2. The van der Waals surface area contributed by atoms with Crippen LogP contribution in [-0.4, -0.2) is 9.13 Å². The number of benzene rings is 6. The minimum absolute atomic E-state index is 0.296. The first-order chi connectivity index (χ1) is 23.5. The van der Waals surface area contributed by atoms with Crippen LogP contribution in [0.3, 0.4) is 0 Å². The van der Waals surface area contributed by atoms with E-state index in [9.17, 15) is 31.6 Å². The van der Waals surface area contributed by atoms with Crippen LogP contribution in [0.4, 0.5) is 26.3 Å². The van der Waals surface area contributed by atoms with Gasteiger partial charge in [-0.25, -0.2) is 0 Å². The van der Waals surface area contributed by atoms with Crippen molar-refractivity contribution in [3.05, 3.63) is 144 Å². The number of alkyl halides is 6. The molecule has 0 saturated carbocycles. The molecule has 0 spiro atoms. The first-order valence-electron chi connectivity index (χ1n) is 15.3. The molecule has 0 bridgehead atoms. The summed E-state index contributed by atoms with van der Waals surface area (Å²) >= 11 is 0. The zero-order valence-corrected chi connectivity index (χ0v) is 25.7. The van der Waals surface area contributed by atoms with Gasteiger partial charge in [0.2, 0.25) is 0 Å². The summed E-state index contributed by atoms with van der Waals surface area (Å²) < 4.78 is 86.8. The van der Waals surface area contributed by atoms with Gasteiger partial charge in [0.1, 0.15) is 6.07 Å². The van der Waals surface area contributed by atoms with Crippen LogP contribution < -0.4 is 0 Å². The van der Waals surface area contributed by atoms with Crippen molar-refractivity contribution in [2.75, 3.05) is 0 Å². The normalized spacial score (nSPS) is 12.4. The van der Waals surface area contributed by atoms with Crippen LogP contribution in [0, 0.1) is 18.3 Å². The Labute approximate surface area is 275 Å². The molecule has 240 valence electrons. The van der Waals surface area contributed by atoms with E-state index in [1.165, 1.54) is 12.1 Å². The maximum absolute atomic E-state index is 13.9. The Hall–Kier alpha value is -6.01. The van der Waals surface area contributed by atoms with Gasteiger partial charge in [0.15, 0.2) is 0 Å². The van der Waals surface area contributed by atoms with Gasteiger partial charge in [-0.3, -0.25) is 0 Å². The lowest BCUT2D eigenvalue weighted by Gasteiger charge is -2.20. The first-order valence-corrected chi connectivity index (χ1v) is 15.3. The highest BCUT2D eigenvalue weighted by Crippen LogP contribution is 2.44. The quantitative estimate of drug-likeness (QED) is 0.174. The second kappa shape index (κ2) is 10.8. The van der Waals surface area contributed by atoms with Crippen LogP contribution in [0.1, 0.15) is 22.3 Å². The number of nitrogens with zero attached hydrogens (tertiary/aromatic N) is 3. The Morgan fingerprint density at radius 1 is 0.510 bits per heavy atom. The smallest absolute Gasteiger partial charge is 0.309 e. The van der Waals surface area contributed by atoms with Crippen molar-refractivity contribution in [2.24, 2.45) is 0 Å². The van der Waals surface area contributed by atoms with Gasteiger partial charge in [-0.05, 0) is 73.7 Å². The zero-order valence-electron chi connectivity index (χ0n) is 25.7. The average Bonchev–Trinajstić information content (AvgIpc) is 3.59. The van der Waals surface area contributed by atoms with E-state index < -0.39 is 23.5 Å². The summed E-state index contributed by atoms with van der Waals surface area (Å²) in [7, 11) is 0. The molecule has 0 atom stereocenters. The summed E-state index contributed by atoms with van der Waals surface area (Å²) in [5, 5.41) is 12.5. The lowest BCUT2D eigenvalue weighted by molar-refractivity contribution is -0.138. The van der Waals surface area contributed by atoms with E-state index >= 15 is 0 Å². The van der Waals surface area contributed by atoms with Gasteiger partial charge in [-0.1, -0.05) is 60.2 Å².